The van der Waals surface area contributed by atoms with Crippen molar-refractivity contribution in [3.05, 3.63) is 64.8 Å². The van der Waals surface area contributed by atoms with Crippen molar-refractivity contribution in [1.29, 1.82) is 0 Å². The summed E-state index contributed by atoms with van der Waals surface area (Å²) in [6, 6.07) is 13.4. The second-order valence-corrected chi connectivity index (χ2v) is 6.35. The van der Waals surface area contributed by atoms with Crippen molar-refractivity contribution in [1.82, 2.24) is 10.3 Å². The Morgan fingerprint density at radius 1 is 1.15 bits per heavy atom. The summed E-state index contributed by atoms with van der Waals surface area (Å²) in [5, 5.41) is 4.58. The summed E-state index contributed by atoms with van der Waals surface area (Å²) in [5.74, 6) is 0.813. The first-order chi connectivity index (χ1) is 12.7. The highest BCUT2D eigenvalue weighted by Crippen LogP contribution is 2.23. The van der Waals surface area contributed by atoms with E-state index in [9.17, 15) is 4.79 Å². The number of benzene rings is 2. The molecule has 0 unspecified atom stereocenters. The standard InChI is InChI=1S/C20H21ClN2O3/c1-25-17-6-7-19-18(12-17)15(13-23-19)8-10-22-20(24)26-11-9-14-2-4-16(21)5-3-14/h2-7,12-13,23H,8-11H2,1H3,(H,22,24). The predicted octanol–water partition coefficient (Wildman–Crippen LogP) is 4.34. The van der Waals surface area contributed by atoms with Gasteiger partial charge < -0.3 is 19.8 Å². The quantitative estimate of drug-likeness (QED) is 0.648. The lowest BCUT2D eigenvalue weighted by molar-refractivity contribution is 0.147. The SMILES string of the molecule is COc1ccc2[nH]cc(CCNC(=O)OCCc3ccc(Cl)cc3)c2c1. The number of ether oxygens (including phenoxy) is 2. The van der Waals surface area contributed by atoms with Crippen LogP contribution < -0.4 is 10.1 Å². The Hall–Kier alpha value is -2.66. The summed E-state index contributed by atoms with van der Waals surface area (Å²) in [6.45, 7) is 0.835. The van der Waals surface area contributed by atoms with E-state index < -0.39 is 6.09 Å². The molecule has 1 amide bonds. The van der Waals surface area contributed by atoms with Crippen molar-refractivity contribution >= 4 is 28.6 Å². The Morgan fingerprint density at radius 2 is 1.96 bits per heavy atom. The number of aromatic nitrogens is 1. The van der Waals surface area contributed by atoms with Gasteiger partial charge in [0.15, 0.2) is 0 Å². The fourth-order valence-corrected chi connectivity index (χ4v) is 2.88. The first-order valence-corrected chi connectivity index (χ1v) is 8.82. The number of alkyl carbamates (subject to hydrolysis) is 1. The molecule has 6 heteroatoms. The highest BCUT2D eigenvalue weighted by atomic mass is 35.5. The van der Waals surface area contributed by atoms with Gasteiger partial charge in [-0.05, 0) is 47.9 Å². The number of rotatable bonds is 7. The maximum Gasteiger partial charge on any atom is 0.407 e. The van der Waals surface area contributed by atoms with Gasteiger partial charge in [-0.1, -0.05) is 23.7 Å². The number of carbonyl (C=O) groups excluding carboxylic acids is 1. The summed E-state index contributed by atoms with van der Waals surface area (Å²) in [7, 11) is 1.65. The highest BCUT2D eigenvalue weighted by Gasteiger charge is 2.07. The van der Waals surface area contributed by atoms with E-state index in [-0.39, 0.29) is 0 Å². The minimum Gasteiger partial charge on any atom is -0.497 e. The van der Waals surface area contributed by atoms with Crippen LogP contribution in [0.4, 0.5) is 4.79 Å². The zero-order chi connectivity index (χ0) is 18.4. The van der Waals surface area contributed by atoms with Crippen LogP contribution in [-0.2, 0) is 17.6 Å². The number of H-pyrrole nitrogens is 1. The average Bonchev–Trinajstić information content (AvgIpc) is 3.05. The van der Waals surface area contributed by atoms with Crippen molar-refractivity contribution in [2.45, 2.75) is 12.8 Å². The van der Waals surface area contributed by atoms with Gasteiger partial charge >= 0.3 is 6.09 Å². The third-order valence-electron chi connectivity index (χ3n) is 4.18. The van der Waals surface area contributed by atoms with Crippen LogP contribution in [0.15, 0.2) is 48.7 Å². The fraction of sp³-hybridized carbons (Fsp3) is 0.250. The third-order valence-corrected chi connectivity index (χ3v) is 4.43. The Labute approximate surface area is 157 Å². The first-order valence-electron chi connectivity index (χ1n) is 8.45. The number of methoxy groups -OCH3 is 1. The molecule has 5 nitrogen and oxygen atoms in total. The van der Waals surface area contributed by atoms with Gasteiger partial charge in [-0.25, -0.2) is 4.79 Å². The van der Waals surface area contributed by atoms with Crippen molar-refractivity contribution in [2.75, 3.05) is 20.3 Å². The van der Waals surface area contributed by atoms with E-state index >= 15 is 0 Å². The smallest absolute Gasteiger partial charge is 0.407 e. The van der Waals surface area contributed by atoms with Gasteiger partial charge in [0.05, 0.1) is 13.7 Å². The van der Waals surface area contributed by atoms with E-state index in [1.54, 1.807) is 7.11 Å². The van der Waals surface area contributed by atoms with Gasteiger partial charge in [-0.2, -0.15) is 0 Å². The van der Waals surface area contributed by atoms with Crippen LogP contribution in [0.2, 0.25) is 5.02 Å². The molecule has 0 aliphatic rings. The lowest BCUT2D eigenvalue weighted by Gasteiger charge is -2.07. The molecule has 0 radical (unpaired) electrons. The molecule has 0 spiro atoms. The Balaban J connectivity index is 1.43. The molecular formula is C20H21ClN2O3. The van der Waals surface area contributed by atoms with Crippen molar-refractivity contribution in [3.63, 3.8) is 0 Å². The van der Waals surface area contributed by atoms with Crippen LogP contribution >= 0.6 is 11.6 Å². The van der Waals surface area contributed by atoms with Crippen LogP contribution in [0.25, 0.3) is 10.9 Å². The summed E-state index contributed by atoms with van der Waals surface area (Å²) in [6.07, 6.45) is 2.92. The van der Waals surface area contributed by atoms with Crippen LogP contribution in [0, 0.1) is 0 Å². The molecule has 1 aromatic heterocycles. The average molecular weight is 373 g/mol. The lowest BCUT2D eigenvalue weighted by Crippen LogP contribution is -2.27. The van der Waals surface area contributed by atoms with Gasteiger partial charge in [-0.3, -0.25) is 0 Å². The molecule has 3 aromatic rings. The molecule has 0 aliphatic heterocycles. The first kappa shape index (κ1) is 18.1. The molecule has 0 aliphatic carbocycles. The minimum absolute atomic E-state index is 0.331. The molecule has 0 atom stereocenters. The van der Waals surface area contributed by atoms with Crippen molar-refractivity contribution in [3.8, 4) is 5.75 Å². The molecule has 2 N–H and O–H groups in total. The number of halogens is 1. The van der Waals surface area contributed by atoms with Gasteiger partial charge in [0, 0.05) is 35.1 Å². The fourth-order valence-electron chi connectivity index (χ4n) is 2.75. The summed E-state index contributed by atoms with van der Waals surface area (Å²) < 4.78 is 10.5. The molecule has 0 saturated carbocycles. The Bertz CT molecular complexity index is 874. The third kappa shape index (κ3) is 4.70. The van der Waals surface area contributed by atoms with Crippen LogP contribution in [0.1, 0.15) is 11.1 Å². The maximum absolute atomic E-state index is 11.8. The zero-order valence-corrected chi connectivity index (χ0v) is 15.3. The molecule has 0 saturated heterocycles. The van der Waals surface area contributed by atoms with E-state index in [0.29, 0.717) is 31.0 Å². The van der Waals surface area contributed by atoms with E-state index in [4.69, 9.17) is 21.1 Å². The number of aromatic amines is 1. The number of amides is 1. The van der Waals surface area contributed by atoms with Gasteiger partial charge in [-0.15, -0.1) is 0 Å². The molecule has 3 rings (SSSR count). The largest absolute Gasteiger partial charge is 0.497 e. The lowest BCUT2D eigenvalue weighted by atomic mass is 10.1. The topological polar surface area (TPSA) is 63.3 Å². The van der Waals surface area contributed by atoms with E-state index in [1.807, 2.05) is 48.7 Å². The maximum atomic E-state index is 11.8. The molecule has 0 bridgehead atoms. The summed E-state index contributed by atoms with van der Waals surface area (Å²) in [4.78, 5) is 15.0. The molecule has 136 valence electrons. The number of carbonyl (C=O) groups is 1. The minimum atomic E-state index is -0.406. The Kier molecular flexibility index (Phi) is 6.02. The molecule has 26 heavy (non-hydrogen) atoms. The molecule has 2 aromatic carbocycles. The van der Waals surface area contributed by atoms with Crippen LogP contribution in [0.3, 0.4) is 0 Å². The van der Waals surface area contributed by atoms with Crippen molar-refractivity contribution in [2.24, 2.45) is 0 Å². The molecular weight excluding hydrogens is 352 g/mol. The highest BCUT2D eigenvalue weighted by molar-refractivity contribution is 6.30. The second kappa shape index (κ2) is 8.63. The van der Waals surface area contributed by atoms with Crippen LogP contribution in [-0.4, -0.2) is 31.3 Å². The number of fused-ring (bicyclic) bond motifs is 1. The van der Waals surface area contributed by atoms with E-state index in [1.165, 1.54) is 0 Å². The van der Waals surface area contributed by atoms with Crippen LogP contribution in [0.5, 0.6) is 5.75 Å². The van der Waals surface area contributed by atoms with Gasteiger partial charge in [0.1, 0.15) is 5.75 Å². The summed E-state index contributed by atoms with van der Waals surface area (Å²) in [5.41, 5.74) is 3.25. The molecule has 0 fully saturated rings. The Morgan fingerprint density at radius 3 is 2.73 bits per heavy atom. The van der Waals surface area contributed by atoms with Gasteiger partial charge in [0.25, 0.3) is 0 Å². The number of hydrogen-bond acceptors (Lipinski definition) is 3. The predicted molar refractivity (Wildman–Crippen MR) is 103 cm³/mol. The van der Waals surface area contributed by atoms with E-state index in [2.05, 4.69) is 10.3 Å². The molecule has 1 heterocycles. The number of nitrogens with one attached hydrogen (secondary N) is 2. The second-order valence-electron chi connectivity index (χ2n) is 5.91. The van der Waals surface area contributed by atoms with Gasteiger partial charge in [0.2, 0.25) is 0 Å². The number of hydrogen-bond donors (Lipinski definition) is 2. The monoisotopic (exact) mass is 372 g/mol. The summed E-state index contributed by atoms with van der Waals surface area (Å²) >= 11 is 5.84. The van der Waals surface area contributed by atoms with E-state index in [0.717, 1.165) is 27.8 Å². The normalized spacial score (nSPS) is 10.7. The van der Waals surface area contributed by atoms with Crippen molar-refractivity contribution < 1.29 is 14.3 Å². The zero-order valence-electron chi connectivity index (χ0n) is 14.5.